The summed E-state index contributed by atoms with van der Waals surface area (Å²) in [7, 11) is -3.89. The molecule has 0 unspecified atom stereocenters. The zero-order valence-corrected chi connectivity index (χ0v) is 14.6. The summed E-state index contributed by atoms with van der Waals surface area (Å²) in [5, 5.41) is 2.57. The van der Waals surface area contributed by atoms with E-state index in [2.05, 4.69) is 5.32 Å². The molecular weight excluding hydrogens is 350 g/mol. The summed E-state index contributed by atoms with van der Waals surface area (Å²) < 4.78 is 51.8. The molecule has 25 heavy (non-hydrogen) atoms. The van der Waals surface area contributed by atoms with E-state index >= 15 is 0 Å². The highest BCUT2D eigenvalue weighted by Crippen LogP contribution is 2.24. The molecule has 0 aliphatic carbocycles. The van der Waals surface area contributed by atoms with Gasteiger partial charge in [-0.2, -0.15) is 0 Å². The fraction of sp³-hybridized carbons (Fsp3) is 0.235. The molecule has 2 rings (SSSR count). The Kier molecular flexibility index (Phi) is 5.73. The van der Waals surface area contributed by atoms with Gasteiger partial charge in [-0.15, -0.1) is 0 Å². The Morgan fingerprint density at radius 3 is 2.28 bits per heavy atom. The van der Waals surface area contributed by atoms with Crippen molar-refractivity contribution in [2.75, 3.05) is 10.6 Å². The van der Waals surface area contributed by atoms with E-state index in [0.29, 0.717) is 5.56 Å². The van der Waals surface area contributed by atoms with Crippen LogP contribution < -0.4 is 9.62 Å². The largest absolute Gasteiger partial charge is 0.350 e. The summed E-state index contributed by atoms with van der Waals surface area (Å²) in [5.74, 6) is -1.74. The molecule has 0 radical (unpaired) electrons. The number of nitrogens with zero attached hydrogens (tertiary/aromatic N) is 1. The average Bonchev–Trinajstić information content (AvgIpc) is 2.54. The van der Waals surface area contributed by atoms with E-state index in [1.165, 1.54) is 49.4 Å². The van der Waals surface area contributed by atoms with Crippen LogP contribution in [-0.4, -0.2) is 26.6 Å². The number of carbonyl (C=O) groups is 1. The molecule has 8 heteroatoms. The second-order valence-corrected chi connectivity index (χ2v) is 7.39. The average molecular weight is 368 g/mol. The summed E-state index contributed by atoms with van der Waals surface area (Å²) in [6.07, 6.45) is 0.906. The first kappa shape index (κ1) is 18.9. The van der Waals surface area contributed by atoms with Crippen LogP contribution in [0.25, 0.3) is 0 Å². The lowest BCUT2D eigenvalue weighted by atomic mass is 10.2. The highest BCUT2D eigenvalue weighted by Gasteiger charge is 2.30. The molecule has 0 spiro atoms. The molecule has 0 aliphatic rings. The van der Waals surface area contributed by atoms with Crippen molar-refractivity contribution in [1.29, 1.82) is 0 Å². The van der Waals surface area contributed by atoms with Crippen molar-refractivity contribution >= 4 is 21.6 Å². The van der Waals surface area contributed by atoms with Gasteiger partial charge in [0, 0.05) is 6.54 Å². The van der Waals surface area contributed by atoms with Gasteiger partial charge in [0.2, 0.25) is 15.9 Å². The lowest BCUT2D eigenvalue weighted by Crippen LogP contribution is -2.48. The number of amides is 1. The smallest absolute Gasteiger partial charge is 0.243 e. The molecule has 0 bridgehead atoms. The molecule has 0 aliphatic heterocycles. The van der Waals surface area contributed by atoms with Crippen molar-refractivity contribution in [3.8, 4) is 0 Å². The van der Waals surface area contributed by atoms with Crippen molar-refractivity contribution in [3.63, 3.8) is 0 Å². The Morgan fingerprint density at radius 2 is 1.72 bits per heavy atom. The number of sulfonamides is 1. The maximum atomic E-state index is 14.0. The lowest BCUT2D eigenvalue weighted by molar-refractivity contribution is -0.122. The number of hydrogen-bond acceptors (Lipinski definition) is 3. The molecule has 1 atom stereocenters. The van der Waals surface area contributed by atoms with Crippen LogP contribution in [0.4, 0.5) is 14.5 Å². The van der Waals surface area contributed by atoms with Gasteiger partial charge in [-0.1, -0.05) is 24.3 Å². The number of hydrogen-bond donors (Lipinski definition) is 1. The van der Waals surface area contributed by atoms with Crippen molar-refractivity contribution in [2.45, 2.75) is 19.5 Å². The van der Waals surface area contributed by atoms with Crippen LogP contribution in [-0.2, 0) is 21.4 Å². The van der Waals surface area contributed by atoms with Crippen LogP contribution in [0.5, 0.6) is 0 Å². The highest BCUT2D eigenvalue weighted by molar-refractivity contribution is 7.92. The fourth-order valence-corrected chi connectivity index (χ4v) is 3.53. The maximum absolute atomic E-state index is 14.0. The van der Waals surface area contributed by atoms with Crippen LogP contribution in [0.2, 0.25) is 0 Å². The molecule has 1 N–H and O–H groups in total. The molecule has 2 aromatic carbocycles. The van der Waals surface area contributed by atoms with Gasteiger partial charge in [-0.3, -0.25) is 9.10 Å². The predicted octanol–water partition coefficient (Wildman–Crippen LogP) is 2.44. The molecule has 0 saturated heterocycles. The molecule has 134 valence electrons. The first-order chi connectivity index (χ1) is 11.7. The third-order valence-corrected chi connectivity index (χ3v) is 4.79. The second kappa shape index (κ2) is 7.60. The number of anilines is 1. The zero-order valence-electron chi connectivity index (χ0n) is 13.7. The summed E-state index contributed by atoms with van der Waals surface area (Å²) in [5.41, 5.74) is 0.452. The summed E-state index contributed by atoms with van der Waals surface area (Å²) >= 11 is 0. The predicted molar refractivity (Wildman–Crippen MR) is 91.4 cm³/mol. The zero-order chi connectivity index (χ0) is 18.6. The lowest BCUT2D eigenvalue weighted by Gasteiger charge is -2.28. The fourth-order valence-electron chi connectivity index (χ4n) is 2.35. The molecule has 0 heterocycles. The number of nitrogens with one attached hydrogen (secondary N) is 1. The minimum Gasteiger partial charge on any atom is -0.350 e. The molecule has 0 saturated carbocycles. The van der Waals surface area contributed by atoms with Gasteiger partial charge in [-0.05, 0) is 36.8 Å². The van der Waals surface area contributed by atoms with Gasteiger partial charge < -0.3 is 5.32 Å². The minimum atomic E-state index is -3.89. The highest BCUT2D eigenvalue weighted by atomic mass is 32.2. The van der Waals surface area contributed by atoms with E-state index in [4.69, 9.17) is 0 Å². The number of carbonyl (C=O) groups excluding carboxylic acids is 1. The third kappa shape index (κ3) is 4.76. The van der Waals surface area contributed by atoms with E-state index in [1.807, 2.05) is 0 Å². The van der Waals surface area contributed by atoms with Gasteiger partial charge >= 0.3 is 0 Å². The summed E-state index contributed by atoms with van der Waals surface area (Å²) in [6, 6.07) is 9.69. The Morgan fingerprint density at radius 1 is 1.12 bits per heavy atom. The Balaban J connectivity index is 2.19. The van der Waals surface area contributed by atoms with Crippen LogP contribution in [0.3, 0.4) is 0 Å². The third-order valence-electron chi connectivity index (χ3n) is 3.56. The van der Waals surface area contributed by atoms with Gasteiger partial charge in [-0.25, -0.2) is 17.2 Å². The van der Waals surface area contributed by atoms with Crippen molar-refractivity contribution in [2.24, 2.45) is 0 Å². The summed E-state index contributed by atoms with van der Waals surface area (Å²) in [6.45, 7) is 1.46. The first-order valence-corrected chi connectivity index (χ1v) is 9.31. The van der Waals surface area contributed by atoms with Gasteiger partial charge in [0.25, 0.3) is 0 Å². The normalized spacial score (nSPS) is 12.5. The summed E-state index contributed by atoms with van der Waals surface area (Å²) in [4.78, 5) is 12.3. The van der Waals surface area contributed by atoms with Crippen LogP contribution in [0.1, 0.15) is 12.5 Å². The molecule has 5 nitrogen and oxygen atoms in total. The monoisotopic (exact) mass is 368 g/mol. The quantitative estimate of drug-likeness (QED) is 0.852. The van der Waals surface area contributed by atoms with Crippen molar-refractivity contribution in [3.05, 3.63) is 65.7 Å². The second-order valence-electron chi connectivity index (χ2n) is 5.53. The van der Waals surface area contributed by atoms with Crippen LogP contribution in [0, 0.1) is 11.6 Å². The molecular formula is C17H18F2N2O3S. The van der Waals surface area contributed by atoms with E-state index in [-0.39, 0.29) is 12.2 Å². The Hall–Kier alpha value is -2.48. The van der Waals surface area contributed by atoms with Gasteiger partial charge in [0.1, 0.15) is 17.7 Å². The van der Waals surface area contributed by atoms with Crippen LogP contribution in [0.15, 0.2) is 48.5 Å². The minimum absolute atomic E-state index is 0.0956. The Bertz CT molecular complexity index is 854. The van der Waals surface area contributed by atoms with Crippen molar-refractivity contribution in [1.82, 2.24) is 5.32 Å². The van der Waals surface area contributed by atoms with Crippen LogP contribution >= 0.6 is 0 Å². The van der Waals surface area contributed by atoms with E-state index in [9.17, 15) is 22.0 Å². The molecule has 1 amide bonds. The number of para-hydroxylation sites is 1. The SMILES string of the molecule is C[C@@H](C(=O)NCc1ccc(F)cc1)N(c1ccccc1F)S(C)(=O)=O. The number of rotatable bonds is 6. The maximum Gasteiger partial charge on any atom is 0.243 e. The topological polar surface area (TPSA) is 66.5 Å². The molecule has 2 aromatic rings. The number of benzene rings is 2. The first-order valence-electron chi connectivity index (χ1n) is 7.46. The standard InChI is InChI=1S/C17H18F2N2O3S/c1-12(17(22)20-11-13-7-9-14(18)10-8-13)21(25(2,23)24)16-6-4-3-5-15(16)19/h3-10,12H,11H2,1-2H3,(H,20,22)/t12-/m0/s1. The van der Waals surface area contributed by atoms with E-state index < -0.39 is 33.6 Å². The molecule has 0 aromatic heterocycles. The van der Waals surface area contributed by atoms with Gasteiger partial charge in [0.05, 0.1) is 11.9 Å². The van der Waals surface area contributed by atoms with Gasteiger partial charge in [0.15, 0.2) is 0 Å². The molecule has 0 fully saturated rings. The van der Waals surface area contributed by atoms with E-state index in [1.54, 1.807) is 0 Å². The van der Waals surface area contributed by atoms with E-state index in [0.717, 1.165) is 16.6 Å². The van der Waals surface area contributed by atoms with Crippen molar-refractivity contribution < 1.29 is 22.0 Å². The Labute approximate surface area is 145 Å². The number of halogens is 2.